The summed E-state index contributed by atoms with van der Waals surface area (Å²) in [6.07, 6.45) is 3.46. The van der Waals surface area contributed by atoms with E-state index in [2.05, 4.69) is 17.6 Å². The highest BCUT2D eigenvalue weighted by Crippen LogP contribution is 2.26. The van der Waals surface area contributed by atoms with Gasteiger partial charge in [-0.25, -0.2) is 4.39 Å². The Morgan fingerprint density at radius 1 is 1.35 bits per heavy atom. The first kappa shape index (κ1) is 19.9. The van der Waals surface area contributed by atoms with Crippen molar-refractivity contribution in [1.82, 2.24) is 10.6 Å². The van der Waals surface area contributed by atoms with Gasteiger partial charge in [-0.15, -0.1) is 12.4 Å². The Labute approximate surface area is 144 Å². The van der Waals surface area contributed by atoms with Crippen LogP contribution >= 0.6 is 12.4 Å². The van der Waals surface area contributed by atoms with E-state index in [0.29, 0.717) is 18.4 Å². The van der Waals surface area contributed by atoms with Gasteiger partial charge < -0.3 is 10.6 Å². The molecule has 23 heavy (non-hydrogen) atoms. The fourth-order valence-corrected chi connectivity index (χ4v) is 2.89. The van der Waals surface area contributed by atoms with Crippen LogP contribution in [0.1, 0.15) is 38.7 Å². The van der Waals surface area contributed by atoms with Gasteiger partial charge in [-0.2, -0.15) is 0 Å². The highest BCUT2D eigenvalue weighted by atomic mass is 35.5. The third-order valence-corrected chi connectivity index (χ3v) is 4.75. The van der Waals surface area contributed by atoms with Crippen molar-refractivity contribution in [2.24, 2.45) is 11.3 Å². The Hall–Kier alpha value is -1.13. The lowest BCUT2D eigenvalue weighted by Gasteiger charge is -2.34. The molecule has 1 amide bonds. The van der Waals surface area contributed by atoms with Crippen molar-refractivity contribution < 1.29 is 9.18 Å². The highest BCUT2D eigenvalue weighted by molar-refractivity contribution is 5.85. The molecular formula is C18H28ClFN2O. The number of piperidine rings is 1. The Morgan fingerprint density at radius 3 is 2.65 bits per heavy atom. The van der Waals surface area contributed by atoms with Gasteiger partial charge in [0, 0.05) is 12.5 Å². The van der Waals surface area contributed by atoms with E-state index in [1.54, 1.807) is 12.1 Å². The summed E-state index contributed by atoms with van der Waals surface area (Å²) in [7, 11) is 0. The predicted octanol–water partition coefficient (Wildman–Crippen LogP) is 3.32. The molecule has 1 saturated heterocycles. The second kappa shape index (κ2) is 9.24. The molecule has 1 aromatic carbocycles. The van der Waals surface area contributed by atoms with Gasteiger partial charge in [0.2, 0.25) is 5.91 Å². The number of halogens is 2. The molecule has 1 aliphatic heterocycles. The number of rotatable bonds is 6. The van der Waals surface area contributed by atoms with Crippen LogP contribution in [0.4, 0.5) is 4.39 Å². The standard InChI is InChI=1S/C18H27FN2O.ClH/c1-14(7-8-15-5-3-4-6-16(15)19)17(22)21-13-18(2)9-11-20-12-10-18;/h3-6,14,20H,7-13H2,1-2H3,(H,21,22);1H. The van der Waals surface area contributed by atoms with Crippen molar-refractivity contribution >= 4 is 18.3 Å². The van der Waals surface area contributed by atoms with Crippen LogP contribution in [0.25, 0.3) is 0 Å². The van der Waals surface area contributed by atoms with E-state index in [1.807, 2.05) is 13.0 Å². The van der Waals surface area contributed by atoms with Crippen LogP contribution in [0.5, 0.6) is 0 Å². The smallest absolute Gasteiger partial charge is 0.222 e. The first-order valence-electron chi connectivity index (χ1n) is 8.22. The molecule has 1 atom stereocenters. The average molecular weight is 343 g/mol. The van der Waals surface area contributed by atoms with Gasteiger partial charge in [0.05, 0.1) is 0 Å². The van der Waals surface area contributed by atoms with E-state index < -0.39 is 0 Å². The fraction of sp³-hybridized carbons (Fsp3) is 0.611. The second-order valence-electron chi connectivity index (χ2n) is 6.81. The molecule has 1 unspecified atom stereocenters. The maximum absolute atomic E-state index is 13.6. The predicted molar refractivity (Wildman–Crippen MR) is 94.4 cm³/mol. The van der Waals surface area contributed by atoms with E-state index >= 15 is 0 Å². The minimum absolute atomic E-state index is 0. The molecule has 0 aliphatic carbocycles. The number of hydrogen-bond donors (Lipinski definition) is 2. The Kier molecular flexibility index (Phi) is 8.00. The van der Waals surface area contributed by atoms with Crippen LogP contribution < -0.4 is 10.6 Å². The van der Waals surface area contributed by atoms with Crippen LogP contribution in [-0.2, 0) is 11.2 Å². The number of hydrogen-bond acceptors (Lipinski definition) is 2. The summed E-state index contributed by atoms with van der Waals surface area (Å²) in [5, 5.41) is 6.43. The molecule has 0 aromatic heterocycles. The second-order valence-corrected chi connectivity index (χ2v) is 6.81. The number of carbonyl (C=O) groups is 1. The highest BCUT2D eigenvalue weighted by Gasteiger charge is 2.27. The summed E-state index contributed by atoms with van der Waals surface area (Å²) in [6, 6.07) is 6.78. The Balaban J connectivity index is 0.00000264. The molecular weight excluding hydrogens is 315 g/mol. The average Bonchev–Trinajstić information content (AvgIpc) is 2.52. The molecule has 0 saturated carbocycles. The summed E-state index contributed by atoms with van der Waals surface area (Å²) >= 11 is 0. The first-order chi connectivity index (χ1) is 10.5. The lowest BCUT2D eigenvalue weighted by molar-refractivity contribution is -0.125. The SMILES string of the molecule is CC(CCc1ccccc1F)C(=O)NCC1(C)CCNCC1.Cl. The molecule has 3 nitrogen and oxygen atoms in total. The van der Waals surface area contributed by atoms with Crippen molar-refractivity contribution in [2.45, 2.75) is 39.5 Å². The zero-order valence-electron chi connectivity index (χ0n) is 14.0. The van der Waals surface area contributed by atoms with E-state index in [1.165, 1.54) is 6.07 Å². The van der Waals surface area contributed by atoms with Crippen molar-refractivity contribution in [1.29, 1.82) is 0 Å². The third-order valence-electron chi connectivity index (χ3n) is 4.75. The fourth-order valence-electron chi connectivity index (χ4n) is 2.89. The molecule has 1 fully saturated rings. The van der Waals surface area contributed by atoms with Crippen LogP contribution in [-0.4, -0.2) is 25.5 Å². The third kappa shape index (κ3) is 6.11. The van der Waals surface area contributed by atoms with Gasteiger partial charge in [0.25, 0.3) is 0 Å². The lowest BCUT2D eigenvalue weighted by atomic mass is 9.81. The molecule has 1 heterocycles. The van der Waals surface area contributed by atoms with Gasteiger partial charge in [-0.05, 0) is 55.8 Å². The van der Waals surface area contributed by atoms with Gasteiger partial charge in [0.1, 0.15) is 5.82 Å². The number of benzene rings is 1. The van der Waals surface area contributed by atoms with Gasteiger partial charge >= 0.3 is 0 Å². The summed E-state index contributed by atoms with van der Waals surface area (Å²) in [6.45, 7) is 6.93. The molecule has 1 aliphatic rings. The number of nitrogens with one attached hydrogen (secondary N) is 2. The molecule has 1 aromatic rings. The summed E-state index contributed by atoms with van der Waals surface area (Å²) in [5.41, 5.74) is 0.888. The molecule has 2 N–H and O–H groups in total. The largest absolute Gasteiger partial charge is 0.355 e. The van der Waals surface area contributed by atoms with Gasteiger partial charge in [0.15, 0.2) is 0 Å². The Morgan fingerprint density at radius 2 is 2.00 bits per heavy atom. The van der Waals surface area contributed by atoms with E-state index in [-0.39, 0.29) is 35.5 Å². The van der Waals surface area contributed by atoms with Gasteiger partial charge in [-0.1, -0.05) is 32.0 Å². The van der Waals surface area contributed by atoms with Crippen molar-refractivity contribution in [2.75, 3.05) is 19.6 Å². The number of amides is 1. The van der Waals surface area contributed by atoms with E-state index in [0.717, 1.165) is 32.5 Å². The van der Waals surface area contributed by atoms with E-state index in [4.69, 9.17) is 0 Å². The monoisotopic (exact) mass is 342 g/mol. The molecule has 2 rings (SSSR count). The van der Waals surface area contributed by atoms with Crippen molar-refractivity contribution in [3.8, 4) is 0 Å². The Bertz CT molecular complexity index is 504. The molecule has 0 bridgehead atoms. The summed E-state index contributed by atoms with van der Waals surface area (Å²) < 4.78 is 13.6. The topological polar surface area (TPSA) is 41.1 Å². The quantitative estimate of drug-likeness (QED) is 0.832. The molecule has 130 valence electrons. The minimum Gasteiger partial charge on any atom is -0.355 e. The number of aryl methyl sites for hydroxylation is 1. The minimum atomic E-state index is -0.183. The molecule has 0 radical (unpaired) electrons. The van der Waals surface area contributed by atoms with Crippen molar-refractivity contribution in [3.63, 3.8) is 0 Å². The number of carbonyl (C=O) groups excluding carboxylic acids is 1. The summed E-state index contributed by atoms with van der Waals surface area (Å²) in [4.78, 5) is 12.2. The maximum atomic E-state index is 13.6. The van der Waals surface area contributed by atoms with Gasteiger partial charge in [-0.3, -0.25) is 4.79 Å². The van der Waals surface area contributed by atoms with Crippen LogP contribution in [0.2, 0.25) is 0 Å². The molecule has 5 heteroatoms. The normalized spacial score (nSPS) is 17.9. The summed E-state index contributed by atoms with van der Waals surface area (Å²) in [5.74, 6) is -0.196. The van der Waals surface area contributed by atoms with Crippen LogP contribution in [0.3, 0.4) is 0 Å². The van der Waals surface area contributed by atoms with Crippen molar-refractivity contribution in [3.05, 3.63) is 35.6 Å². The van der Waals surface area contributed by atoms with Crippen LogP contribution in [0, 0.1) is 17.2 Å². The molecule has 0 spiro atoms. The zero-order valence-corrected chi connectivity index (χ0v) is 14.8. The zero-order chi connectivity index (χ0) is 16.0. The first-order valence-corrected chi connectivity index (χ1v) is 8.22. The van der Waals surface area contributed by atoms with E-state index in [9.17, 15) is 9.18 Å². The maximum Gasteiger partial charge on any atom is 0.222 e. The lowest BCUT2D eigenvalue weighted by Crippen LogP contribution is -2.44. The van der Waals surface area contributed by atoms with Crippen LogP contribution in [0.15, 0.2) is 24.3 Å².